The van der Waals surface area contributed by atoms with Gasteiger partial charge in [-0.05, 0) is 74.4 Å². The molecule has 1 aromatic carbocycles. The Hall–Kier alpha value is -0.710. The molecule has 2 aliphatic rings. The van der Waals surface area contributed by atoms with E-state index in [0.717, 1.165) is 18.3 Å². The fraction of sp³-hybridized carbons (Fsp3) is 0.700. The number of thioether (sulfide) groups is 1. The lowest BCUT2D eigenvalue weighted by molar-refractivity contribution is 0.0441. The summed E-state index contributed by atoms with van der Waals surface area (Å²) in [5.74, 6) is 2.27. The second kappa shape index (κ2) is 8.11. The number of ether oxygens (including phenoxy) is 1. The Morgan fingerprint density at radius 2 is 2.04 bits per heavy atom. The number of rotatable bonds is 6. The summed E-state index contributed by atoms with van der Waals surface area (Å²) in [4.78, 5) is 5.50. The van der Waals surface area contributed by atoms with Crippen molar-refractivity contribution in [2.75, 3.05) is 38.8 Å². The highest BCUT2D eigenvalue weighted by atomic mass is 32.2. The van der Waals surface area contributed by atoms with Crippen LogP contribution in [0.5, 0.6) is 5.75 Å². The van der Waals surface area contributed by atoms with E-state index in [2.05, 4.69) is 42.0 Å². The van der Waals surface area contributed by atoms with Crippen molar-refractivity contribution >= 4 is 11.8 Å². The minimum Gasteiger partial charge on any atom is -0.496 e. The predicted octanol–water partition coefficient (Wildman–Crippen LogP) is 3.71. The van der Waals surface area contributed by atoms with Gasteiger partial charge in [0.2, 0.25) is 0 Å². The first kappa shape index (κ1) is 18.1. The van der Waals surface area contributed by atoms with Crippen LogP contribution in [0.15, 0.2) is 12.1 Å². The number of nitrogens with zero attached hydrogens (tertiary/aromatic N) is 2. The van der Waals surface area contributed by atoms with Gasteiger partial charge >= 0.3 is 0 Å². The topological polar surface area (TPSA) is 15.7 Å². The number of methoxy groups -OCH3 is 1. The van der Waals surface area contributed by atoms with Crippen molar-refractivity contribution < 1.29 is 4.74 Å². The molecule has 0 aliphatic carbocycles. The Labute approximate surface area is 151 Å². The standard InChI is InChI=1S/C20H32N2OS/c1-15-16(2)20(23-3)8-7-17(15)12-22-14-18-6-5-10-21(18)13-19(22)9-11-24-4/h7-8,18-19H,5-6,9-14H2,1-4H3/t18-,19-/m0/s1. The van der Waals surface area contributed by atoms with Gasteiger partial charge in [-0.25, -0.2) is 0 Å². The molecular formula is C20H32N2OS. The first-order valence-electron chi connectivity index (χ1n) is 9.24. The van der Waals surface area contributed by atoms with Gasteiger partial charge < -0.3 is 4.74 Å². The summed E-state index contributed by atoms with van der Waals surface area (Å²) in [7, 11) is 1.76. The first-order chi connectivity index (χ1) is 11.6. The SMILES string of the molecule is COc1ccc(CN2C[C@@H]3CCCN3C[C@@H]2CCSC)c(C)c1C. The quantitative estimate of drug-likeness (QED) is 0.778. The Morgan fingerprint density at radius 3 is 2.79 bits per heavy atom. The predicted molar refractivity (Wildman–Crippen MR) is 104 cm³/mol. The summed E-state index contributed by atoms with van der Waals surface area (Å²) in [6, 6.07) is 5.90. The highest BCUT2D eigenvalue weighted by molar-refractivity contribution is 7.98. The molecule has 0 bridgehead atoms. The van der Waals surface area contributed by atoms with Crippen LogP contribution in [0.2, 0.25) is 0 Å². The lowest BCUT2D eigenvalue weighted by Gasteiger charge is -2.44. The number of hydrogen-bond acceptors (Lipinski definition) is 4. The summed E-state index contributed by atoms with van der Waals surface area (Å²) in [5, 5.41) is 0. The van der Waals surface area contributed by atoms with E-state index >= 15 is 0 Å². The smallest absolute Gasteiger partial charge is 0.122 e. The molecule has 2 fully saturated rings. The maximum Gasteiger partial charge on any atom is 0.122 e. The van der Waals surface area contributed by atoms with Gasteiger partial charge in [-0.15, -0.1) is 0 Å². The molecule has 0 radical (unpaired) electrons. The number of piperazine rings is 1. The van der Waals surface area contributed by atoms with Crippen molar-refractivity contribution in [2.24, 2.45) is 0 Å². The summed E-state index contributed by atoms with van der Waals surface area (Å²) in [5.41, 5.74) is 4.15. The van der Waals surface area contributed by atoms with Gasteiger partial charge in [-0.3, -0.25) is 9.80 Å². The average Bonchev–Trinajstić information content (AvgIpc) is 3.04. The minimum atomic E-state index is 0.702. The van der Waals surface area contributed by atoms with E-state index < -0.39 is 0 Å². The maximum atomic E-state index is 5.48. The lowest BCUT2D eigenvalue weighted by atomic mass is 9.99. The van der Waals surface area contributed by atoms with Gasteiger partial charge in [0.05, 0.1) is 7.11 Å². The zero-order valence-corrected chi connectivity index (χ0v) is 16.5. The molecule has 3 nitrogen and oxygen atoms in total. The normalized spacial score (nSPS) is 25.0. The molecule has 0 unspecified atom stereocenters. The van der Waals surface area contributed by atoms with Crippen molar-refractivity contribution in [3.8, 4) is 5.75 Å². The van der Waals surface area contributed by atoms with E-state index in [1.54, 1.807) is 7.11 Å². The van der Waals surface area contributed by atoms with E-state index in [1.807, 2.05) is 11.8 Å². The second-order valence-electron chi connectivity index (χ2n) is 7.33. The fourth-order valence-corrected chi connectivity index (χ4v) is 4.84. The molecule has 3 rings (SSSR count). The lowest BCUT2D eigenvalue weighted by Crippen LogP contribution is -2.55. The Kier molecular flexibility index (Phi) is 6.12. The van der Waals surface area contributed by atoms with E-state index in [-0.39, 0.29) is 0 Å². The van der Waals surface area contributed by atoms with E-state index in [4.69, 9.17) is 4.74 Å². The van der Waals surface area contributed by atoms with E-state index in [9.17, 15) is 0 Å². The molecule has 0 aromatic heterocycles. The van der Waals surface area contributed by atoms with Gasteiger partial charge in [0.1, 0.15) is 5.75 Å². The van der Waals surface area contributed by atoms with Crippen molar-refractivity contribution in [2.45, 2.75) is 51.7 Å². The molecule has 2 atom stereocenters. The molecule has 0 spiro atoms. The highest BCUT2D eigenvalue weighted by Gasteiger charge is 2.36. The van der Waals surface area contributed by atoms with Crippen LogP contribution in [-0.2, 0) is 6.54 Å². The summed E-state index contributed by atoms with van der Waals surface area (Å²) in [6.07, 6.45) is 6.29. The highest BCUT2D eigenvalue weighted by Crippen LogP contribution is 2.30. The third-order valence-corrected chi connectivity index (χ3v) is 6.65. The molecule has 2 saturated heterocycles. The third-order valence-electron chi connectivity index (χ3n) is 6.00. The molecule has 0 saturated carbocycles. The fourth-order valence-electron chi connectivity index (χ4n) is 4.33. The van der Waals surface area contributed by atoms with Crippen molar-refractivity contribution in [1.82, 2.24) is 9.80 Å². The molecular weight excluding hydrogens is 316 g/mol. The first-order valence-corrected chi connectivity index (χ1v) is 10.6. The zero-order chi connectivity index (χ0) is 17.1. The summed E-state index contributed by atoms with van der Waals surface area (Å²) in [6.45, 7) is 9.33. The zero-order valence-electron chi connectivity index (χ0n) is 15.7. The van der Waals surface area contributed by atoms with Crippen molar-refractivity contribution in [3.63, 3.8) is 0 Å². The Bertz CT molecular complexity index is 563. The number of hydrogen-bond donors (Lipinski definition) is 0. The average molecular weight is 349 g/mol. The van der Waals surface area contributed by atoms with Crippen LogP contribution in [0.25, 0.3) is 0 Å². The van der Waals surface area contributed by atoms with Crippen LogP contribution < -0.4 is 4.74 Å². The minimum absolute atomic E-state index is 0.702. The van der Waals surface area contributed by atoms with Crippen LogP contribution in [-0.4, -0.2) is 60.6 Å². The maximum absolute atomic E-state index is 5.48. The van der Waals surface area contributed by atoms with Gasteiger partial charge in [0.25, 0.3) is 0 Å². The van der Waals surface area contributed by atoms with Crippen molar-refractivity contribution in [3.05, 3.63) is 28.8 Å². The largest absolute Gasteiger partial charge is 0.496 e. The van der Waals surface area contributed by atoms with E-state index in [0.29, 0.717) is 6.04 Å². The van der Waals surface area contributed by atoms with Crippen LogP contribution in [0.3, 0.4) is 0 Å². The second-order valence-corrected chi connectivity index (χ2v) is 8.32. The molecule has 2 aliphatic heterocycles. The van der Waals surface area contributed by atoms with Crippen LogP contribution in [0.4, 0.5) is 0 Å². The van der Waals surface area contributed by atoms with Crippen LogP contribution in [0.1, 0.15) is 36.0 Å². The summed E-state index contributed by atoms with van der Waals surface area (Å²) < 4.78 is 5.48. The van der Waals surface area contributed by atoms with Crippen LogP contribution in [0, 0.1) is 13.8 Å². The van der Waals surface area contributed by atoms with Gasteiger partial charge in [0.15, 0.2) is 0 Å². The third kappa shape index (κ3) is 3.76. The molecule has 134 valence electrons. The van der Waals surface area contributed by atoms with E-state index in [1.165, 1.54) is 61.3 Å². The monoisotopic (exact) mass is 348 g/mol. The number of fused-ring (bicyclic) bond motifs is 1. The van der Waals surface area contributed by atoms with Crippen molar-refractivity contribution in [1.29, 1.82) is 0 Å². The number of benzene rings is 1. The van der Waals surface area contributed by atoms with Crippen LogP contribution >= 0.6 is 11.8 Å². The molecule has 4 heteroatoms. The van der Waals surface area contributed by atoms with Gasteiger partial charge in [0, 0.05) is 31.7 Å². The molecule has 0 N–H and O–H groups in total. The Morgan fingerprint density at radius 1 is 1.21 bits per heavy atom. The molecule has 24 heavy (non-hydrogen) atoms. The molecule has 1 aromatic rings. The van der Waals surface area contributed by atoms with Gasteiger partial charge in [-0.2, -0.15) is 11.8 Å². The molecule has 0 amide bonds. The summed E-state index contributed by atoms with van der Waals surface area (Å²) >= 11 is 1.98. The van der Waals surface area contributed by atoms with Gasteiger partial charge in [-0.1, -0.05) is 6.07 Å². The Balaban J connectivity index is 1.76. The molecule has 2 heterocycles.